The van der Waals surface area contributed by atoms with Crippen molar-refractivity contribution < 1.29 is 14.5 Å². The van der Waals surface area contributed by atoms with Crippen LogP contribution in [-0.2, 0) is 11.2 Å². The molecule has 0 fully saturated rings. The molecule has 2 rings (SSSR count). The van der Waals surface area contributed by atoms with Crippen molar-refractivity contribution in [2.45, 2.75) is 20.3 Å². The molecule has 1 aromatic carbocycles. The average molecular weight is 286 g/mol. The summed E-state index contributed by atoms with van der Waals surface area (Å²) in [7, 11) is 0. The highest BCUT2D eigenvalue weighted by Crippen LogP contribution is 2.27. The number of nitro groups is 1. The van der Waals surface area contributed by atoms with Gasteiger partial charge in [0.1, 0.15) is 17.3 Å². The largest absolute Gasteiger partial charge is 0.457 e. The first-order valence-electron chi connectivity index (χ1n) is 6.33. The van der Waals surface area contributed by atoms with Gasteiger partial charge < -0.3 is 4.74 Å². The van der Waals surface area contributed by atoms with Gasteiger partial charge >= 0.3 is 0 Å². The Morgan fingerprint density at radius 1 is 1.29 bits per heavy atom. The number of aromatic nitrogens is 1. The highest BCUT2D eigenvalue weighted by atomic mass is 16.6. The molecule has 1 aromatic heterocycles. The molecule has 0 amide bonds. The summed E-state index contributed by atoms with van der Waals surface area (Å²) in [6.07, 6.45) is 1.77. The lowest BCUT2D eigenvalue weighted by Crippen LogP contribution is -1.99. The molecule has 2 aromatic rings. The van der Waals surface area contributed by atoms with Gasteiger partial charge in [0.25, 0.3) is 5.69 Å². The van der Waals surface area contributed by atoms with Gasteiger partial charge in [0, 0.05) is 24.2 Å². The van der Waals surface area contributed by atoms with E-state index in [1.54, 1.807) is 31.2 Å². The molecule has 0 bridgehead atoms. The van der Waals surface area contributed by atoms with Gasteiger partial charge in [0.05, 0.1) is 16.7 Å². The molecule has 0 N–H and O–H groups in total. The topological polar surface area (TPSA) is 82.3 Å². The zero-order chi connectivity index (χ0) is 15.4. The molecule has 0 radical (unpaired) electrons. The summed E-state index contributed by atoms with van der Waals surface area (Å²) >= 11 is 0. The molecule has 0 spiro atoms. The minimum Gasteiger partial charge on any atom is -0.457 e. The van der Waals surface area contributed by atoms with Gasteiger partial charge in [-0.25, -0.2) is 0 Å². The number of rotatable bonds is 5. The van der Waals surface area contributed by atoms with Crippen LogP contribution in [0.15, 0.2) is 36.5 Å². The van der Waals surface area contributed by atoms with Crippen LogP contribution in [0.1, 0.15) is 18.2 Å². The lowest BCUT2D eigenvalue weighted by atomic mass is 10.2. The highest BCUT2D eigenvalue weighted by Gasteiger charge is 2.12. The molecule has 0 aliphatic heterocycles. The van der Waals surface area contributed by atoms with Gasteiger partial charge in [0.2, 0.25) is 0 Å². The molecule has 0 unspecified atom stereocenters. The van der Waals surface area contributed by atoms with Crippen molar-refractivity contribution in [2.75, 3.05) is 0 Å². The van der Waals surface area contributed by atoms with Gasteiger partial charge in [0.15, 0.2) is 0 Å². The summed E-state index contributed by atoms with van der Waals surface area (Å²) < 4.78 is 5.59. The van der Waals surface area contributed by atoms with Crippen LogP contribution in [0.4, 0.5) is 5.69 Å². The monoisotopic (exact) mass is 286 g/mol. The highest BCUT2D eigenvalue weighted by molar-refractivity contribution is 5.77. The number of carbonyl (C=O) groups is 1. The maximum absolute atomic E-state index is 11.1. The number of hydrogen-bond donors (Lipinski definition) is 0. The van der Waals surface area contributed by atoms with Gasteiger partial charge in [-0.3, -0.25) is 19.9 Å². The number of hydrogen-bond acceptors (Lipinski definition) is 5. The Balaban J connectivity index is 2.24. The number of carbonyl (C=O) groups excluding carboxylic acids is 1. The third-order valence-corrected chi connectivity index (χ3v) is 2.83. The van der Waals surface area contributed by atoms with Crippen molar-refractivity contribution >= 4 is 11.5 Å². The standard InChI is InChI=1S/C15H14N2O4/c1-10-3-4-13(9-15(10)17(19)20)21-14-5-6-16-12(8-14)7-11(2)18/h3-6,8-9H,7H2,1-2H3. The summed E-state index contributed by atoms with van der Waals surface area (Å²) in [5.41, 5.74) is 1.17. The molecule has 6 nitrogen and oxygen atoms in total. The Hall–Kier alpha value is -2.76. The third kappa shape index (κ3) is 3.85. The fraction of sp³-hybridized carbons (Fsp3) is 0.200. The molecule has 0 aliphatic rings. The predicted octanol–water partition coefficient (Wildman–Crippen LogP) is 3.22. The Kier molecular flexibility index (Phi) is 4.27. The third-order valence-electron chi connectivity index (χ3n) is 2.83. The Morgan fingerprint density at radius 3 is 2.67 bits per heavy atom. The molecule has 0 saturated carbocycles. The molecule has 1 heterocycles. The molecule has 0 aliphatic carbocycles. The van der Waals surface area contributed by atoms with Gasteiger partial charge in [-0.1, -0.05) is 0 Å². The number of Topliss-reactive ketones (excluding diaryl/α,β-unsaturated/α-hetero) is 1. The first-order chi connectivity index (χ1) is 9.95. The normalized spacial score (nSPS) is 10.2. The van der Waals surface area contributed by atoms with E-state index in [1.807, 2.05) is 0 Å². The zero-order valence-electron chi connectivity index (χ0n) is 11.7. The number of ether oxygens (including phenoxy) is 1. The molecule has 0 saturated heterocycles. The summed E-state index contributed by atoms with van der Waals surface area (Å²) in [4.78, 5) is 25.6. The van der Waals surface area contributed by atoms with Gasteiger partial charge in [-0.2, -0.15) is 0 Å². The van der Waals surface area contributed by atoms with E-state index in [9.17, 15) is 14.9 Å². The maximum Gasteiger partial charge on any atom is 0.276 e. The Morgan fingerprint density at radius 2 is 2.00 bits per heavy atom. The summed E-state index contributed by atoms with van der Waals surface area (Å²) in [6, 6.07) is 7.95. The second-order valence-corrected chi connectivity index (χ2v) is 4.67. The SMILES string of the molecule is CC(=O)Cc1cc(Oc2ccc(C)c([N+](=O)[O-])c2)ccn1. The molecule has 108 valence electrons. The summed E-state index contributed by atoms with van der Waals surface area (Å²) in [5, 5.41) is 10.9. The van der Waals surface area contributed by atoms with Crippen LogP contribution in [0.5, 0.6) is 11.5 Å². The van der Waals surface area contributed by atoms with Gasteiger partial charge in [-0.15, -0.1) is 0 Å². The Bertz CT molecular complexity index is 698. The van der Waals surface area contributed by atoms with Crippen LogP contribution in [0.25, 0.3) is 0 Å². The number of pyridine rings is 1. The summed E-state index contributed by atoms with van der Waals surface area (Å²) in [6.45, 7) is 3.15. The van der Waals surface area contributed by atoms with Crippen molar-refractivity contribution in [3.63, 3.8) is 0 Å². The second-order valence-electron chi connectivity index (χ2n) is 4.67. The van der Waals surface area contributed by atoms with E-state index in [4.69, 9.17) is 4.74 Å². The maximum atomic E-state index is 11.1. The summed E-state index contributed by atoms with van der Waals surface area (Å²) in [5.74, 6) is 0.859. The van der Waals surface area contributed by atoms with Crippen molar-refractivity contribution in [2.24, 2.45) is 0 Å². The quantitative estimate of drug-likeness (QED) is 0.622. The fourth-order valence-corrected chi connectivity index (χ4v) is 1.86. The number of benzene rings is 1. The van der Waals surface area contributed by atoms with E-state index < -0.39 is 4.92 Å². The number of nitrogens with zero attached hydrogens (tertiary/aromatic N) is 2. The van der Waals surface area contributed by atoms with E-state index >= 15 is 0 Å². The first kappa shape index (κ1) is 14.6. The lowest BCUT2D eigenvalue weighted by molar-refractivity contribution is -0.385. The van der Waals surface area contributed by atoms with Crippen LogP contribution in [0.3, 0.4) is 0 Å². The van der Waals surface area contributed by atoms with Crippen molar-refractivity contribution in [3.05, 3.63) is 57.9 Å². The minimum atomic E-state index is -0.448. The molecular weight excluding hydrogens is 272 g/mol. The van der Waals surface area contributed by atoms with Crippen molar-refractivity contribution in [1.82, 2.24) is 4.98 Å². The van der Waals surface area contributed by atoms with Crippen LogP contribution < -0.4 is 4.74 Å². The van der Waals surface area contributed by atoms with E-state index in [1.165, 1.54) is 19.2 Å². The zero-order valence-corrected chi connectivity index (χ0v) is 11.7. The van der Waals surface area contributed by atoms with Crippen LogP contribution >= 0.6 is 0 Å². The molecular formula is C15H14N2O4. The van der Waals surface area contributed by atoms with E-state index in [0.29, 0.717) is 22.8 Å². The number of ketones is 1. The van der Waals surface area contributed by atoms with Gasteiger partial charge in [-0.05, 0) is 32.0 Å². The fourth-order valence-electron chi connectivity index (χ4n) is 1.86. The molecule has 6 heteroatoms. The predicted molar refractivity (Wildman–Crippen MR) is 76.5 cm³/mol. The van der Waals surface area contributed by atoms with E-state index in [2.05, 4.69) is 4.98 Å². The van der Waals surface area contributed by atoms with Crippen LogP contribution in [0.2, 0.25) is 0 Å². The lowest BCUT2D eigenvalue weighted by Gasteiger charge is -2.07. The molecule has 0 atom stereocenters. The van der Waals surface area contributed by atoms with Crippen molar-refractivity contribution in [3.8, 4) is 11.5 Å². The molecule has 21 heavy (non-hydrogen) atoms. The average Bonchev–Trinajstić information content (AvgIpc) is 2.40. The first-order valence-corrected chi connectivity index (χ1v) is 6.33. The number of aryl methyl sites for hydroxylation is 1. The van der Waals surface area contributed by atoms with Crippen LogP contribution in [0, 0.1) is 17.0 Å². The van der Waals surface area contributed by atoms with Crippen molar-refractivity contribution in [1.29, 1.82) is 0 Å². The minimum absolute atomic E-state index is 0.00511. The van der Waals surface area contributed by atoms with E-state index in [0.717, 1.165) is 0 Å². The number of nitro benzene ring substituents is 1. The smallest absolute Gasteiger partial charge is 0.276 e. The second kappa shape index (κ2) is 6.13. The van der Waals surface area contributed by atoms with Crippen LogP contribution in [-0.4, -0.2) is 15.7 Å². The Labute approximate surface area is 121 Å². The van der Waals surface area contributed by atoms with E-state index in [-0.39, 0.29) is 17.9 Å².